The van der Waals surface area contributed by atoms with Crippen LogP contribution in [-0.2, 0) is 0 Å². The molecule has 3 nitrogen and oxygen atoms in total. The highest BCUT2D eigenvalue weighted by molar-refractivity contribution is 5.97. The summed E-state index contributed by atoms with van der Waals surface area (Å²) in [7, 11) is 0. The van der Waals surface area contributed by atoms with E-state index in [1.165, 1.54) is 0 Å². The summed E-state index contributed by atoms with van der Waals surface area (Å²) in [6.07, 6.45) is 2.06. The summed E-state index contributed by atoms with van der Waals surface area (Å²) < 4.78 is 0. The lowest BCUT2D eigenvalue weighted by molar-refractivity contribution is 0.0574. The van der Waals surface area contributed by atoms with E-state index in [9.17, 15) is 4.79 Å². The fourth-order valence-electron chi connectivity index (χ4n) is 3.05. The Bertz CT molecular complexity index is 464. The van der Waals surface area contributed by atoms with Crippen molar-refractivity contribution >= 4 is 5.91 Å². The number of piperazine rings is 1. The van der Waals surface area contributed by atoms with Crippen LogP contribution in [0.25, 0.3) is 0 Å². The molecule has 0 bridgehead atoms. The van der Waals surface area contributed by atoms with Gasteiger partial charge in [0.25, 0.3) is 5.91 Å². The smallest absolute Gasteiger partial charge is 0.254 e. The molecule has 20 heavy (non-hydrogen) atoms. The average molecular weight is 274 g/mol. The standard InChI is InChI=1S/C17H26N2O/c1-5-14-11-19(15(6-2)10-18-14)17(20)16-12(3)8-7-9-13(16)4/h7-9,14-15,18H,5-6,10-11H2,1-4H3. The van der Waals surface area contributed by atoms with E-state index in [-0.39, 0.29) is 5.91 Å². The lowest BCUT2D eigenvalue weighted by Gasteiger charge is -2.40. The predicted octanol–water partition coefficient (Wildman–Crippen LogP) is 2.91. The highest BCUT2D eigenvalue weighted by Crippen LogP contribution is 2.20. The van der Waals surface area contributed by atoms with Gasteiger partial charge in [-0.05, 0) is 37.8 Å². The zero-order chi connectivity index (χ0) is 14.7. The second-order valence-electron chi connectivity index (χ2n) is 5.80. The van der Waals surface area contributed by atoms with Crippen LogP contribution >= 0.6 is 0 Å². The molecule has 1 aromatic rings. The molecule has 1 saturated heterocycles. The molecule has 0 aromatic heterocycles. The minimum Gasteiger partial charge on any atom is -0.333 e. The molecular weight excluding hydrogens is 248 g/mol. The van der Waals surface area contributed by atoms with E-state index in [0.29, 0.717) is 12.1 Å². The molecule has 3 heteroatoms. The summed E-state index contributed by atoms with van der Waals surface area (Å²) in [5, 5.41) is 3.54. The summed E-state index contributed by atoms with van der Waals surface area (Å²) in [5.74, 6) is 0.201. The predicted molar refractivity (Wildman–Crippen MR) is 83.1 cm³/mol. The molecule has 0 radical (unpaired) electrons. The van der Waals surface area contributed by atoms with Crippen molar-refractivity contribution in [2.24, 2.45) is 0 Å². The highest BCUT2D eigenvalue weighted by atomic mass is 16.2. The third-order valence-corrected chi connectivity index (χ3v) is 4.42. The van der Waals surface area contributed by atoms with E-state index in [2.05, 4.69) is 24.1 Å². The van der Waals surface area contributed by atoms with Crippen LogP contribution in [0.15, 0.2) is 18.2 Å². The summed E-state index contributed by atoms with van der Waals surface area (Å²) >= 11 is 0. The van der Waals surface area contributed by atoms with Gasteiger partial charge in [-0.2, -0.15) is 0 Å². The maximum absolute atomic E-state index is 13.0. The summed E-state index contributed by atoms with van der Waals surface area (Å²) in [4.78, 5) is 15.1. The summed E-state index contributed by atoms with van der Waals surface area (Å²) in [5.41, 5.74) is 3.05. The van der Waals surface area contributed by atoms with Crippen molar-refractivity contribution in [3.8, 4) is 0 Å². The van der Waals surface area contributed by atoms with Crippen molar-refractivity contribution in [3.63, 3.8) is 0 Å². The molecule has 1 aromatic carbocycles. The number of rotatable bonds is 3. The van der Waals surface area contributed by atoms with Gasteiger partial charge in [0.2, 0.25) is 0 Å². The third-order valence-electron chi connectivity index (χ3n) is 4.42. The van der Waals surface area contributed by atoms with Crippen LogP contribution in [0.3, 0.4) is 0 Å². The molecule has 1 heterocycles. The van der Waals surface area contributed by atoms with Crippen LogP contribution in [-0.4, -0.2) is 36.0 Å². The minimum atomic E-state index is 0.201. The number of hydrogen-bond acceptors (Lipinski definition) is 2. The molecule has 2 atom stereocenters. The Balaban J connectivity index is 2.29. The van der Waals surface area contributed by atoms with E-state index < -0.39 is 0 Å². The van der Waals surface area contributed by atoms with Crippen LogP contribution in [0.5, 0.6) is 0 Å². The normalized spacial score (nSPS) is 22.9. The number of amides is 1. The molecule has 1 N–H and O–H groups in total. The first kappa shape index (κ1) is 15.0. The number of hydrogen-bond donors (Lipinski definition) is 1. The largest absolute Gasteiger partial charge is 0.333 e. The molecule has 1 amide bonds. The average Bonchev–Trinajstić information content (AvgIpc) is 2.46. The van der Waals surface area contributed by atoms with E-state index in [0.717, 1.165) is 42.6 Å². The van der Waals surface area contributed by atoms with Crippen molar-refractivity contribution in [1.29, 1.82) is 0 Å². The lowest BCUT2D eigenvalue weighted by atomic mass is 9.98. The van der Waals surface area contributed by atoms with Crippen molar-refractivity contribution < 1.29 is 4.79 Å². The van der Waals surface area contributed by atoms with Gasteiger partial charge in [0.05, 0.1) is 0 Å². The van der Waals surface area contributed by atoms with Crippen LogP contribution < -0.4 is 5.32 Å². The van der Waals surface area contributed by atoms with E-state index in [1.807, 2.05) is 32.0 Å². The maximum atomic E-state index is 13.0. The molecule has 0 saturated carbocycles. The van der Waals surface area contributed by atoms with Gasteiger partial charge in [-0.15, -0.1) is 0 Å². The fourth-order valence-corrected chi connectivity index (χ4v) is 3.05. The first-order valence-corrected chi connectivity index (χ1v) is 7.69. The molecule has 110 valence electrons. The van der Waals surface area contributed by atoms with E-state index in [1.54, 1.807) is 0 Å². The van der Waals surface area contributed by atoms with Gasteiger partial charge < -0.3 is 10.2 Å². The van der Waals surface area contributed by atoms with Gasteiger partial charge in [-0.25, -0.2) is 0 Å². The Labute approximate surface area is 122 Å². The van der Waals surface area contributed by atoms with Gasteiger partial charge in [-0.1, -0.05) is 32.0 Å². The van der Waals surface area contributed by atoms with Crippen LogP contribution in [0.4, 0.5) is 0 Å². The molecule has 2 unspecified atom stereocenters. The molecule has 1 fully saturated rings. The van der Waals surface area contributed by atoms with E-state index >= 15 is 0 Å². The zero-order valence-corrected chi connectivity index (χ0v) is 13.1. The Kier molecular flexibility index (Phi) is 4.81. The number of carbonyl (C=O) groups excluding carboxylic acids is 1. The topological polar surface area (TPSA) is 32.3 Å². The minimum absolute atomic E-state index is 0.201. The van der Waals surface area contributed by atoms with Crippen LogP contribution in [0.1, 0.15) is 48.2 Å². The van der Waals surface area contributed by atoms with Crippen LogP contribution in [0.2, 0.25) is 0 Å². The number of nitrogens with zero attached hydrogens (tertiary/aromatic N) is 1. The van der Waals surface area contributed by atoms with Gasteiger partial charge in [0.1, 0.15) is 0 Å². The van der Waals surface area contributed by atoms with Crippen molar-refractivity contribution in [1.82, 2.24) is 10.2 Å². The Morgan fingerprint density at radius 1 is 1.25 bits per heavy atom. The molecule has 1 aliphatic heterocycles. The molecule has 0 spiro atoms. The summed E-state index contributed by atoms with van der Waals surface area (Å²) in [6, 6.07) is 6.81. The lowest BCUT2D eigenvalue weighted by Crippen LogP contribution is -2.58. The Morgan fingerprint density at radius 2 is 1.90 bits per heavy atom. The second kappa shape index (κ2) is 6.40. The van der Waals surface area contributed by atoms with E-state index in [4.69, 9.17) is 0 Å². The highest BCUT2D eigenvalue weighted by Gasteiger charge is 2.31. The van der Waals surface area contributed by atoms with Crippen molar-refractivity contribution in [2.75, 3.05) is 13.1 Å². The van der Waals surface area contributed by atoms with Gasteiger partial charge in [0.15, 0.2) is 0 Å². The maximum Gasteiger partial charge on any atom is 0.254 e. The SMILES string of the molecule is CCC1CN(C(=O)c2c(C)cccc2C)C(CC)CN1. The number of benzene rings is 1. The van der Waals surface area contributed by atoms with Crippen molar-refractivity contribution in [2.45, 2.75) is 52.6 Å². The first-order valence-electron chi connectivity index (χ1n) is 7.69. The number of aryl methyl sites for hydroxylation is 2. The first-order chi connectivity index (χ1) is 9.58. The molecule has 0 aliphatic carbocycles. The van der Waals surface area contributed by atoms with Gasteiger partial charge in [-0.3, -0.25) is 4.79 Å². The number of nitrogens with one attached hydrogen (secondary N) is 1. The molecule has 2 rings (SSSR count). The fraction of sp³-hybridized carbons (Fsp3) is 0.588. The quantitative estimate of drug-likeness (QED) is 0.919. The number of carbonyl (C=O) groups is 1. The van der Waals surface area contributed by atoms with Gasteiger partial charge >= 0.3 is 0 Å². The molecular formula is C17H26N2O. The Morgan fingerprint density at radius 3 is 2.45 bits per heavy atom. The van der Waals surface area contributed by atoms with Crippen LogP contribution in [0, 0.1) is 13.8 Å². The van der Waals surface area contributed by atoms with Gasteiger partial charge in [0, 0.05) is 30.7 Å². The summed E-state index contributed by atoms with van der Waals surface area (Å²) in [6.45, 7) is 10.1. The monoisotopic (exact) mass is 274 g/mol. The Hall–Kier alpha value is -1.35. The second-order valence-corrected chi connectivity index (χ2v) is 5.80. The molecule has 1 aliphatic rings. The zero-order valence-electron chi connectivity index (χ0n) is 13.1. The third kappa shape index (κ3) is 2.88. The van der Waals surface area contributed by atoms with Crippen molar-refractivity contribution in [3.05, 3.63) is 34.9 Å².